The molecule has 18 heavy (non-hydrogen) atoms. The molecular weight excluding hydrogens is 299 g/mol. The van der Waals surface area contributed by atoms with Crippen molar-refractivity contribution in [2.75, 3.05) is 18.6 Å². The second-order valence-electron chi connectivity index (χ2n) is 3.47. The first-order valence-corrected chi connectivity index (χ1v) is 8.34. The molecule has 0 aliphatic heterocycles. The van der Waals surface area contributed by atoms with Gasteiger partial charge >= 0.3 is 0 Å². The Bertz CT molecular complexity index is 523. The highest BCUT2D eigenvalue weighted by molar-refractivity contribution is 7.98. The fourth-order valence-corrected chi connectivity index (χ4v) is 3.23. The zero-order valence-corrected chi connectivity index (χ0v) is 12.1. The van der Waals surface area contributed by atoms with E-state index in [9.17, 15) is 12.8 Å². The van der Waals surface area contributed by atoms with Crippen molar-refractivity contribution in [1.82, 2.24) is 4.72 Å². The van der Waals surface area contributed by atoms with E-state index in [2.05, 4.69) is 4.72 Å². The predicted molar refractivity (Wildman–Crippen MR) is 72.9 cm³/mol. The van der Waals surface area contributed by atoms with Gasteiger partial charge in [0.1, 0.15) is 10.7 Å². The van der Waals surface area contributed by atoms with Crippen molar-refractivity contribution in [3.05, 3.63) is 28.5 Å². The third-order valence-corrected chi connectivity index (χ3v) is 4.48. The van der Waals surface area contributed by atoms with Gasteiger partial charge in [-0.25, -0.2) is 17.5 Å². The van der Waals surface area contributed by atoms with Crippen molar-refractivity contribution in [2.24, 2.45) is 5.73 Å². The summed E-state index contributed by atoms with van der Waals surface area (Å²) in [5, 5.41) is 0.141. The minimum absolute atomic E-state index is 0.0766. The molecular formula is C10H14ClFN2O2S2. The van der Waals surface area contributed by atoms with Crippen LogP contribution in [-0.4, -0.2) is 27.0 Å². The van der Waals surface area contributed by atoms with Gasteiger partial charge in [-0.05, 0) is 18.4 Å². The normalized spacial score (nSPS) is 11.8. The summed E-state index contributed by atoms with van der Waals surface area (Å²) in [5.41, 5.74) is 5.41. The lowest BCUT2D eigenvalue weighted by Crippen LogP contribution is -2.27. The predicted octanol–water partition coefficient (Wildman–Crippen LogP) is 1.58. The average molecular weight is 313 g/mol. The SMILES string of the molecule is CSCCNS(=O)(=O)c1cc(Cl)cc(CN)c1F. The van der Waals surface area contributed by atoms with Crippen LogP contribution in [0.5, 0.6) is 0 Å². The molecule has 0 bridgehead atoms. The van der Waals surface area contributed by atoms with Gasteiger partial charge in [0.25, 0.3) is 0 Å². The number of rotatable bonds is 6. The minimum atomic E-state index is -3.90. The van der Waals surface area contributed by atoms with E-state index >= 15 is 0 Å². The average Bonchev–Trinajstić information content (AvgIpc) is 2.31. The summed E-state index contributed by atoms with van der Waals surface area (Å²) in [7, 11) is -3.90. The fourth-order valence-electron chi connectivity index (χ4n) is 1.32. The Labute approximate surface area is 115 Å². The maximum absolute atomic E-state index is 13.9. The topological polar surface area (TPSA) is 72.2 Å². The van der Waals surface area contributed by atoms with Crippen LogP contribution in [0.15, 0.2) is 17.0 Å². The second kappa shape index (κ2) is 6.72. The highest BCUT2D eigenvalue weighted by Gasteiger charge is 2.21. The van der Waals surface area contributed by atoms with E-state index in [0.717, 1.165) is 6.07 Å². The third-order valence-electron chi connectivity index (χ3n) is 2.19. The number of nitrogens with one attached hydrogen (secondary N) is 1. The van der Waals surface area contributed by atoms with Crippen molar-refractivity contribution in [1.29, 1.82) is 0 Å². The van der Waals surface area contributed by atoms with Crippen LogP contribution in [0.1, 0.15) is 5.56 Å². The minimum Gasteiger partial charge on any atom is -0.326 e. The molecule has 1 aromatic carbocycles. The Morgan fingerprint density at radius 2 is 2.17 bits per heavy atom. The van der Waals surface area contributed by atoms with Crippen LogP contribution in [0.4, 0.5) is 4.39 Å². The van der Waals surface area contributed by atoms with Gasteiger partial charge in [-0.2, -0.15) is 11.8 Å². The smallest absolute Gasteiger partial charge is 0.243 e. The van der Waals surface area contributed by atoms with Crippen molar-refractivity contribution in [2.45, 2.75) is 11.4 Å². The lowest BCUT2D eigenvalue weighted by molar-refractivity contribution is 0.551. The highest BCUT2D eigenvalue weighted by Crippen LogP contribution is 2.23. The maximum Gasteiger partial charge on any atom is 0.243 e. The van der Waals surface area contributed by atoms with E-state index in [1.807, 2.05) is 6.26 Å². The number of hydrogen-bond acceptors (Lipinski definition) is 4. The van der Waals surface area contributed by atoms with E-state index in [1.54, 1.807) is 0 Å². The van der Waals surface area contributed by atoms with E-state index in [1.165, 1.54) is 17.8 Å². The molecule has 0 unspecified atom stereocenters. The molecule has 0 amide bonds. The largest absolute Gasteiger partial charge is 0.326 e. The molecule has 0 fully saturated rings. The van der Waals surface area contributed by atoms with Crippen LogP contribution < -0.4 is 10.5 Å². The molecule has 0 saturated heterocycles. The van der Waals surface area contributed by atoms with Crippen LogP contribution in [0.25, 0.3) is 0 Å². The Morgan fingerprint density at radius 3 is 2.72 bits per heavy atom. The molecule has 102 valence electrons. The van der Waals surface area contributed by atoms with Crippen molar-refractivity contribution >= 4 is 33.4 Å². The molecule has 0 radical (unpaired) electrons. The third kappa shape index (κ3) is 3.83. The number of hydrogen-bond donors (Lipinski definition) is 2. The Kier molecular flexibility index (Phi) is 5.87. The number of thioether (sulfide) groups is 1. The first-order chi connectivity index (χ1) is 8.42. The second-order valence-corrected chi connectivity index (χ2v) is 6.63. The molecule has 0 heterocycles. The molecule has 4 nitrogen and oxygen atoms in total. The Balaban J connectivity index is 3.12. The van der Waals surface area contributed by atoms with Gasteiger partial charge in [0.15, 0.2) is 0 Å². The Morgan fingerprint density at radius 1 is 1.50 bits per heavy atom. The first-order valence-electron chi connectivity index (χ1n) is 5.09. The summed E-state index contributed by atoms with van der Waals surface area (Å²) in [6, 6.07) is 2.40. The molecule has 1 aromatic rings. The van der Waals surface area contributed by atoms with E-state index in [-0.39, 0.29) is 23.7 Å². The van der Waals surface area contributed by atoms with Crippen LogP contribution in [0, 0.1) is 5.82 Å². The summed E-state index contributed by atoms with van der Waals surface area (Å²) in [5.74, 6) is -0.246. The molecule has 0 saturated carbocycles. The molecule has 1 rings (SSSR count). The molecule has 0 aliphatic carbocycles. The quantitative estimate of drug-likeness (QED) is 0.782. The van der Waals surface area contributed by atoms with Crippen LogP contribution >= 0.6 is 23.4 Å². The van der Waals surface area contributed by atoms with Gasteiger partial charge in [-0.3, -0.25) is 0 Å². The summed E-state index contributed by atoms with van der Waals surface area (Å²) < 4.78 is 40.0. The standard InChI is InChI=1S/C10H14ClFN2O2S2/c1-17-3-2-14-18(15,16)9-5-8(11)4-7(6-13)10(9)12/h4-5,14H,2-3,6,13H2,1H3. The Hall–Kier alpha value is -0.340. The lowest BCUT2D eigenvalue weighted by Gasteiger charge is -2.10. The number of benzene rings is 1. The van der Waals surface area contributed by atoms with Gasteiger partial charge in [0.2, 0.25) is 10.0 Å². The lowest BCUT2D eigenvalue weighted by atomic mass is 10.2. The number of halogens is 2. The summed E-state index contributed by atoms with van der Waals surface area (Å²) in [6.07, 6.45) is 1.85. The summed E-state index contributed by atoms with van der Waals surface area (Å²) in [6.45, 7) is 0.118. The van der Waals surface area contributed by atoms with Crippen LogP contribution in [0.2, 0.25) is 5.02 Å². The van der Waals surface area contributed by atoms with Crippen molar-refractivity contribution in [3.8, 4) is 0 Å². The van der Waals surface area contributed by atoms with Gasteiger partial charge < -0.3 is 5.73 Å². The highest BCUT2D eigenvalue weighted by atomic mass is 35.5. The van der Waals surface area contributed by atoms with Gasteiger partial charge in [-0.1, -0.05) is 11.6 Å². The molecule has 0 aliphatic rings. The van der Waals surface area contributed by atoms with Gasteiger partial charge in [0.05, 0.1) is 0 Å². The number of nitrogens with two attached hydrogens (primary N) is 1. The zero-order chi connectivity index (χ0) is 13.8. The first kappa shape index (κ1) is 15.7. The maximum atomic E-state index is 13.9. The summed E-state index contributed by atoms with van der Waals surface area (Å²) in [4.78, 5) is -0.462. The van der Waals surface area contributed by atoms with E-state index in [0.29, 0.717) is 5.75 Å². The fraction of sp³-hybridized carbons (Fsp3) is 0.400. The van der Waals surface area contributed by atoms with E-state index in [4.69, 9.17) is 17.3 Å². The van der Waals surface area contributed by atoms with E-state index < -0.39 is 20.7 Å². The molecule has 3 N–H and O–H groups in total. The summed E-state index contributed by atoms with van der Waals surface area (Å²) >= 11 is 7.24. The molecule has 0 aromatic heterocycles. The van der Waals surface area contributed by atoms with Gasteiger partial charge in [0, 0.05) is 29.4 Å². The van der Waals surface area contributed by atoms with Crippen LogP contribution in [0.3, 0.4) is 0 Å². The zero-order valence-electron chi connectivity index (χ0n) is 9.74. The molecule has 0 atom stereocenters. The van der Waals surface area contributed by atoms with Crippen molar-refractivity contribution < 1.29 is 12.8 Å². The monoisotopic (exact) mass is 312 g/mol. The van der Waals surface area contributed by atoms with Crippen molar-refractivity contribution in [3.63, 3.8) is 0 Å². The molecule has 0 spiro atoms. The van der Waals surface area contributed by atoms with Gasteiger partial charge in [-0.15, -0.1) is 0 Å². The van der Waals surface area contributed by atoms with Crippen LogP contribution in [-0.2, 0) is 16.6 Å². The molecule has 8 heteroatoms. The number of sulfonamides is 1.